The summed E-state index contributed by atoms with van der Waals surface area (Å²) in [6.45, 7) is 5.44. The molecule has 0 bridgehead atoms. The highest BCUT2D eigenvalue weighted by atomic mass is 32.2. The number of likely N-dealkylation sites (tertiary alicyclic amines) is 1. The number of sulfonamides is 1. The van der Waals surface area contributed by atoms with Crippen molar-refractivity contribution in [2.24, 2.45) is 5.92 Å². The zero-order valence-corrected chi connectivity index (χ0v) is 26.1. The van der Waals surface area contributed by atoms with E-state index in [0.717, 1.165) is 31.5 Å². The van der Waals surface area contributed by atoms with Crippen molar-refractivity contribution in [1.82, 2.24) is 19.8 Å². The molecule has 2 heterocycles. The van der Waals surface area contributed by atoms with E-state index >= 15 is 0 Å². The first-order valence-electron chi connectivity index (χ1n) is 14.9. The molecule has 0 aromatic heterocycles. The first kappa shape index (κ1) is 33.3. The predicted molar refractivity (Wildman–Crippen MR) is 165 cm³/mol. The number of carbonyl (C=O) groups excluding carboxylic acids is 2. The van der Waals surface area contributed by atoms with Crippen LogP contribution in [-0.4, -0.2) is 92.2 Å². The summed E-state index contributed by atoms with van der Waals surface area (Å²) in [5, 5.41) is 17.2. The third-order valence-corrected chi connectivity index (χ3v) is 9.40. The Hall–Kier alpha value is -3.63. The topological polar surface area (TPSA) is 138 Å². The summed E-state index contributed by atoms with van der Waals surface area (Å²) >= 11 is 0. The third-order valence-electron chi connectivity index (χ3n) is 7.57. The number of fused-ring (bicyclic) bond motifs is 1. The highest BCUT2D eigenvalue weighted by molar-refractivity contribution is 7.89. The van der Waals surface area contributed by atoms with Crippen LogP contribution in [0, 0.1) is 18.3 Å². The average molecular weight is 627 g/mol. The van der Waals surface area contributed by atoms with Gasteiger partial charge in [0, 0.05) is 25.6 Å². The Labute approximate surface area is 259 Å². The molecule has 3 N–H and O–H groups in total. The van der Waals surface area contributed by atoms with Gasteiger partial charge in [0.25, 0.3) is 0 Å². The van der Waals surface area contributed by atoms with E-state index in [-0.39, 0.29) is 56.0 Å². The lowest BCUT2D eigenvalue weighted by Crippen LogP contribution is -2.56. The van der Waals surface area contributed by atoms with E-state index in [9.17, 15) is 23.1 Å². The second kappa shape index (κ2) is 15.4. The molecular weight excluding hydrogens is 584 g/mol. The van der Waals surface area contributed by atoms with Crippen LogP contribution in [0.3, 0.4) is 0 Å². The van der Waals surface area contributed by atoms with Gasteiger partial charge in [0.05, 0.1) is 23.6 Å². The fourth-order valence-corrected chi connectivity index (χ4v) is 6.98. The molecule has 4 rings (SSSR count). The summed E-state index contributed by atoms with van der Waals surface area (Å²) in [7, 11) is -4.06. The smallest absolute Gasteiger partial charge is 0.243 e. The van der Waals surface area contributed by atoms with Gasteiger partial charge in [0.15, 0.2) is 11.5 Å². The SMILES string of the molecule is C#CCC(NC(=O)CN1CCCC1)C(=O)NC(Cc1ccccc1)C(O)CN(CC(C)C)S(=O)(=O)c1ccc2c(c1)OCO2. The third kappa shape index (κ3) is 8.95. The molecule has 3 unspecified atom stereocenters. The van der Waals surface area contributed by atoms with Crippen LogP contribution in [0.1, 0.15) is 38.7 Å². The van der Waals surface area contributed by atoms with Crippen LogP contribution < -0.4 is 20.1 Å². The molecule has 238 valence electrons. The molecule has 0 spiro atoms. The van der Waals surface area contributed by atoms with Gasteiger partial charge in [-0.25, -0.2) is 8.42 Å². The van der Waals surface area contributed by atoms with E-state index in [1.54, 1.807) is 6.07 Å². The zero-order chi connectivity index (χ0) is 31.7. The van der Waals surface area contributed by atoms with Crippen molar-refractivity contribution in [3.05, 3.63) is 54.1 Å². The van der Waals surface area contributed by atoms with E-state index in [1.165, 1.54) is 16.4 Å². The largest absolute Gasteiger partial charge is 0.454 e. The molecule has 3 atom stereocenters. The summed E-state index contributed by atoms with van der Waals surface area (Å²) in [5.74, 6) is 2.33. The lowest BCUT2D eigenvalue weighted by Gasteiger charge is -2.31. The second-order valence-corrected chi connectivity index (χ2v) is 13.6. The van der Waals surface area contributed by atoms with Gasteiger partial charge in [0.1, 0.15) is 6.04 Å². The van der Waals surface area contributed by atoms with Gasteiger partial charge in [-0.15, -0.1) is 12.3 Å². The minimum absolute atomic E-state index is 0.00744. The Kier molecular flexibility index (Phi) is 11.6. The Balaban J connectivity index is 1.53. The summed E-state index contributed by atoms with van der Waals surface area (Å²) in [4.78, 5) is 28.2. The highest BCUT2D eigenvalue weighted by Crippen LogP contribution is 2.35. The molecule has 2 aromatic rings. The second-order valence-electron chi connectivity index (χ2n) is 11.6. The van der Waals surface area contributed by atoms with Crippen molar-refractivity contribution < 1.29 is 32.6 Å². The Morgan fingerprint density at radius 2 is 1.75 bits per heavy atom. The normalized spacial score (nSPS) is 16.8. The maximum Gasteiger partial charge on any atom is 0.243 e. The molecule has 1 fully saturated rings. The molecule has 1 saturated heterocycles. The van der Waals surface area contributed by atoms with Crippen LogP contribution in [-0.2, 0) is 26.0 Å². The number of ether oxygens (including phenoxy) is 2. The molecule has 44 heavy (non-hydrogen) atoms. The number of amides is 2. The van der Waals surface area contributed by atoms with E-state index in [1.807, 2.05) is 49.1 Å². The van der Waals surface area contributed by atoms with Crippen LogP contribution in [0.4, 0.5) is 0 Å². The van der Waals surface area contributed by atoms with Gasteiger partial charge in [-0.05, 0) is 56.0 Å². The van der Waals surface area contributed by atoms with Crippen molar-refractivity contribution in [2.75, 3.05) is 39.5 Å². The molecule has 11 nitrogen and oxygen atoms in total. The van der Waals surface area contributed by atoms with Crippen LogP contribution in [0.5, 0.6) is 11.5 Å². The minimum atomic E-state index is -4.06. The Bertz CT molecular complexity index is 1420. The summed E-state index contributed by atoms with van der Waals surface area (Å²) in [5.41, 5.74) is 0.831. The van der Waals surface area contributed by atoms with Crippen molar-refractivity contribution in [3.8, 4) is 23.8 Å². The summed E-state index contributed by atoms with van der Waals surface area (Å²) in [6.07, 6.45) is 6.48. The number of terminal acetylenes is 1. The van der Waals surface area contributed by atoms with E-state index in [0.29, 0.717) is 11.5 Å². The number of benzene rings is 2. The number of aliphatic hydroxyl groups excluding tert-OH is 1. The first-order chi connectivity index (χ1) is 21.1. The molecule has 2 aromatic carbocycles. The van der Waals surface area contributed by atoms with Crippen LogP contribution in [0.25, 0.3) is 0 Å². The lowest BCUT2D eigenvalue weighted by molar-refractivity contribution is -0.130. The quantitative estimate of drug-likeness (QED) is 0.255. The maximum atomic E-state index is 13.8. The standard InChI is InChI=1S/C32H42N4O7S/c1-4-10-26(33-31(38)21-35-15-8-9-16-35)32(39)34-27(17-24-11-6-5-7-12-24)28(37)20-36(19-23(2)3)44(40,41)25-13-14-29-30(18-25)43-22-42-29/h1,5-7,11-14,18,23,26-28,37H,8-10,15-17,19-22H2,2-3H3,(H,33,38)(H,34,39). The number of rotatable bonds is 15. The van der Waals surface area contributed by atoms with Crippen LogP contribution in [0.15, 0.2) is 53.4 Å². The molecule has 2 amide bonds. The lowest BCUT2D eigenvalue weighted by atomic mass is 10.00. The summed E-state index contributed by atoms with van der Waals surface area (Å²) < 4.78 is 39.6. The predicted octanol–water partition coefficient (Wildman–Crippen LogP) is 1.75. The Morgan fingerprint density at radius 1 is 1.05 bits per heavy atom. The number of carbonyl (C=O) groups is 2. The molecule has 0 aliphatic carbocycles. The first-order valence-corrected chi connectivity index (χ1v) is 16.4. The van der Waals surface area contributed by atoms with Crippen LogP contribution >= 0.6 is 0 Å². The zero-order valence-electron chi connectivity index (χ0n) is 25.3. The van der Waals surface area contributed by atoms with Gasteiger partial charge in [-0.1, -0.05) is 44.2 Å². The Morgan fingerprint density at radius 3 is 2.43 bits per heavy atom. The van der Waals surface area contributed by atoms with Crippen molar-refractivity contribution >= 4 is 21.8 Å². The van der Waals surface area contributed by atoms with Crippen LogP contribution in [0.2, 0.25) is 0 Å². The summed E-state index contributed by atoms with van der Waals surface area (Å²) in [6, 6.07) is 11.8. The van der Waals surface area contributed by atoms with Gasteiger partial charge in [0.2, 0.25) is 28.6 Å². The fourth-order valence-electron chi connectivity index (χ4n) is 5.35. The number of hydrogen-bond acceptors (Lipinski definition) is 8. The monoisotopic (exact) mass is 626 g/mol. The number of nitrogens with zero attached hydrogens (tertiary/aromatic N) is 2. The fraction of sp³-hybridized carbons (Fsp3) is 0.500. The molecule has 2 aliphatic rings. The average Bonchev–Trinajstić information content (AvgIpc) is 3.68. The van der Waals surface area contributed by atoms with E-state index in [4.69, 9.17) is 15.9 Å². The minimum Gasteiger partial charge on any atom is -0.454 e. The molecular formula is C32H42N4O7S. The molecule has 2 aliphatic heterocycles. The van der Waals surface area contributed by atoms with E-state index < -0.39 is 34.1 Å². The van der Waals surface area contributed by atoms with Gasteiger partial charge in [-0.2, -0.15) is 4.31 Å². The molecule has 0 radical (unpaired) electrons. The number of aliphatic hydroxyl groups is 1. The van der Waals surface area contributed by atoms with Crippen molar-refractivity contribution in [1.29, 1.82) is 0 Å². The van der Waals surface area contributed by atoms with Crippen molar-refractivity contribution in [3.63, 3.8) is 0 Å². The number of hydrogen-bond donors (Lipinski definition) is 3. The van der Waals surface area contributed by atoms with E-state index in [2.05, 4.69) is 16.6 Å². The highest BCUT2D eigenvalue weighted by Gasteiger charge is 2.33. The van der Waals surface area contributed by atoms with Gasteiger partial charge >= 0.3 is 0 Å². The maximum absolute atomic E-state index is 13.8. The van der Waals surface area contributed by atoms with Gasteiger partial charge < -0.3 is 25.2 Å². The molecule has 0 saturated carbocycles. The molecule has 12 heteroatoms. The van der Waals surface area contributed by atoms with Crippen molar-refractivity contribution in [2.45, 2.75) is 62.6 Å². The number of nitrogens with one attached hydrogen (secondary N) is 2. The van der Waals surface area contributed by atoms with Gasteiger partial charge in [-0.3, -0.25) is 14.5 Å².